The van der Waals surface area contributed by atoms with E-state index in [4.69, 9.17) is 4.42 Å². The molecule has 0 aromatic carbocycles. The Morgan fingerprint density at radius 1 is 1.22 bits per heavy atom. The fraction of sp³-hybridized carbons (Fsp3) is 0.733. The van der Waals surface area contributed by atoms with Gasteiger partial charge in [-0.25, -0.2) is 0 Å². The molecule has 0 atom stereocenters. The lowest BCUT2D eigenvalue weighted by Crippen LogP contribution is -2.23. The average molecular weight is 252 g/mol. The van der Waals surface area contributed by atoms with Crippen LogP contribution in [0.5, 0.6) is 0 Å². The summed E-state index contributed by atoms with van der Waals surface area (Å²) in [7, 11) is 0. The highest BCUT2D eigenvalue weighted by atomic mass is 16.3. The molecule has 0 bridgehead atoms. The number of nitrogens with one attached hydrogen (secondary N) is 1. The molecular formula is C15H28N2O. The zero-order valence-corrected chi connectivity index (χ0v) is 12.4. The lowest BCUT2D eigenvalue weighted by Gasteiger charge is -2.18. The molecule has 104 valence electrons. The summed E-state index contributed by atoms with van der Waals surface area (Å²) in [6.07, 6.45) is 2.36. The quantitative estimate of drug-likeness (QED) is 0.683. The molecule has 18 heavy (non-hydrogen) atoms. The summed E-state index contributed by atoms with van der Waals surface area (Å²) >= 11 is 0. The van der Waals surface area contributed by atoms with Gasteiger partial charge < -0.3 is 9.73 Å². The van der Waals surface area contributed by atoms with Crippen LogP contribution in [0.4, 0.5) is 0 Å². The van der Waals surface area contributed by atoms with E-state index in [0.29, 0.717) is 0 Å². The van der Waals surface area contributed by atoms with Crippen LogP contribution in [-0.2, 0) is 13.1 Å². The van der Waals surface area contributed by atoms with Crippen molar-refractivity contribution in [3.63, 3.8) is 0 Å². The second kappa shape index (κ2) is 8.33. The molecule has 3 nitrogen and oxygen atoms in total. The summed E-state index contributed by atoms with van der Waals surface area (Å²) in [6.45, 7) is 13.8. The first-order valence-corrected chi connectivity index (χ1v) is 7.22. The summed E-state index contributed by atoms with van der Waals surface area (Å²) in [4.78, 5) is 2.46. The van der Waals surface area contributed by atoms with Crippen molar-refractivity contribution in [1.82, 2.24) is 10.2 Å². The Morgan fingerprint density at radius 3 is 2.61 bits per heavy atom. The highest BCUT2D eigenvalue weighted by molar-refractivity contribution is 5.20. The van der Waals surface area contributed by atoms with Crippen molar-refractivity contribution in [2.75, 3.05) is 19.6 Å². The Bertz CT molecular complexity index is 333. The third-order valence-electron chi connectivity index (χ3n) is 3.18. The molecule has 0 saturated carbocycles. The van der Waals surface area contributed by atoms with Crippen molar-refractivity contribution >= 4 is 0 Å². The Hall–Kier alpha value is -0.800. The monoisotopic (exact) mass is 252 g/mol. The Kier molecular flexibility index (Phi) is 7.06. The smallest absolute Gasteiger partial charge is 0.118 e. The van der Waals surface area contributed by atoms with Crippen LogP contribution in [0.3, 0.4) is 0 Å². The Balaban J connectivity index is 2.54. The third-order valence-corrected chi connectivity index (χ3v) is 3.18. The lowest BCUT2D eigenvalue weighted by molar-refractivity contribution is 0.278. The molecule has 0 fully saturated rings. The van der Waals surface area contributed by atoms with Gasteiger partial charge in [-0.05, 0) is 45.5 Å². The van der Waals surface area contributed by atoms with Crippen molar-refractivity contribution in [3.05, 3.63) is 23.2 Å². The van der Waals surface area contributed by atoms with Crippen LogP contribution >= 0.6 is 0 Å². The molecule has 0 aliphatic rings. The van der Waals surface area contributed by atoms with Crippen molar-refractivity contribution in [2.45, 2.75) is 53.6 Å². The van der Waals surface area contributed by atoms with Crippen LogP contribution in [0.1, 0.15) is 50.7 Å². The van der Waals surface area contributed by atoms with Crippen LogP contribution in [0.15, 0.2) is 10.5 Å². The number of aryl methyl sites for hydroxylation is 1. The van der Waals surface area contributed by atoms with Gasteiger partial charge in [0.15, 0.2) is 0 Å². The largest absolute Gasteiger partial charge is 0.465 e. The minimum atomic E-state index is 0.842. The summed E-state index contributed by atoms with van der Waals surface area (Å²) in [5.74, 6) is 2.13. The number of hydrogen-bond donors (Lipinski definition) is 1. The summed E-state index contributed by atoms with van der Waals surface area (Å²) in [5.41, 5.74) is 1.33. The molecule has 0 radical (unpaired) electrons. The lowest BCUT2D eigenvalue weighted by atomic mass is 10.2. The molecule has 0 unspecified atom stereocenters. The maximum absolute atomic E-state index is 5.80. The first-order valence-electron chi connectivity index (χ1n) is 7.22. The minimum Gasteiger partial charge on any atom is -0.465 e. The molecule has 1 aromatic heterocycles. The molecule has 1 aromatic rings. The predicted molar refractivity (Wildman–Crippen MR) is 76.7 cm³/mol. The Morgan fingerprint density at radius 2 is 2.00 bits per heavy atom. The SMILES string of the molecule is CCCNCc1cc(CN(CC)CCC)c(C)o1. The van der Waals surface area contributed by atoms with E-state index in [0.717, 1.165) is 50.7 Å². The first-order chi connectivity index (χ1) is 8.71. The molecule has 1 N–H and O–H groups in total. The van der Waals surface area contributed by atoms with Gasteiger partial charge in [0.25, 0.3) is 0 Å². The van der Waals surface area contributed by atoms with Crippen LogP contribution in [0, 0.1) is 6.92 Å². The number of hydrogen-bond acceptors (Lipinski definition) is 3. The standard InChI is InChI=1S/C15H28N2O/c1-5-8-16-11-15-10-14(13(4)18-15)12-17(7-3)9-6-2/h10,16H,5-9,11-12H2,1-4H3. The van der Waals surface area contributed by atoms with Gasteiger partial charge in [0.1, 0.15) is 11.5 Å². The van der Waals surface area contributed by atoms with Gasteiger partial charge in [-0.3, -0.25) is 4.90 Å². The van der Waals surface area contributed by atoms with E-state index in [1.54, 1.807) is 0 Å². The molecule has 0 aliphatic carbocycles. The summed E-state index contributed by atoms with van der Waals surface area (Å²) in [6, 6.07) is 2.20. The van der Waals surface area contributed by atoms with E-state index >= 15 is 0 Å². The van der Waals surface area contributed by atoms with E-state index in [-0.39, 0.29) is 0 Å². The highest BCUT2D eigenvalue weighted by Gasteiger charge is 2.10. The zero-order chi connectivity index (χ0) is 13.4. The molecule has 1 rings (SSSR count). The normalized spacial score (nSPS) is 11.4. The van der Waals surface area contributed by atoms with Crippen LogP contribution < -0.4 is 5.32 Å². The van der Waals surface area contributed by atoms with Gasteiger partial charge in [-0.1, -0.05) is 20.8 Å². The fourth-order valence-corrected chi connectivity index (χ4v) is 2.13. The van der Waals surface area contributed by atoms with E-state index in [1.807, 2.05) is 0 Å². The van der Waals surface area contributed by atoms with Gasteiger partial charge in [0.2, 0.25) is 0 Å². The minimum absolute atomic E-state index is 0.842. The zero-order valence-electron chi connectivity index (χ0n) is 12.4. The van der Waals surface area contributed by atoms with E-state index in [2.05, 4.69) is 44.0 Å². The van der Waals surface area contributed by atoms with Crippen molar-refractivity contribution in [3.8, 4) is 0 Å². The molecule has 0 amide bonds. The second-order valence-electron chi connectivity index (χ2n) is 4.84. The summed E-state index contributed by atoms with van der Waals surface area (Å²) in [5, 5.41) is 3.38. The highest BCUT2D eigenvalue weighted by Crippen LogP contribution is 2.16. The molecule has 0 aliphatic heterocycles. The van der Waals surface area contributed by atoms with Crippen LogP contribution in [-0.4, -0.2) is 24.5 Å². The number of rotatable bonds is 9. The van der Waals surface area contributed by atoms with Gasteiger partial charge >= 0.3 is 0 Å². The van der Waals surface area contributed by atoms with Gasteiger partial charge in [-0.15, -0.1) is 0 Å². The van der Waals surface area contributed by atoms with Gasteiger partial charge in [0, 0.05) is 12.1 Å². The fourth-order valence-electron chi connectivity index (χ4n) is 2.13. The molecule has 3 heteroatoms. The third kappa shape index (κ3) is 4.83. The summed E-state index contributed by atoms with van der Waals surface area (Å²) < 4.78 is 5.80. The van der Waals surface area contributed by atoms with Gasteiger partial charge in [0.05, 0.1) is 6.54 Å². The van der Waals surface area contributed by atoms with Crippen molar-refractivity contribution in [1.29, 1.82) is 0 Å². The average Bonchev–Trinajstić information content (AvgIpc) is 2.70. The first kappa shape index (κ1) is 15.3. The number of furan rings is 1. The van der Waals surface area contributed by atoms with E-state index in [9.17, 15) is 0 Å². The van der Waals surface area contributed by atoms with E-state index < -0.39 is 0 Å². The maximum Gasteiger partial charge on any atom is 0.118 e. The second-order valence-corrected chi connectivity index (χ2v) is 4.84. The van der Waals surface area contributed by atoms with Crippen LogP contribution in [0.25, 0.3) is 0 Å². The maximum atomic E-state index is 5.80. The van der Waals surface area contributed by atoms with Crippen LogP contribution in [0.2, 0.25) is 0 Å². The number of nitrogens with zero attached hydrogens (tertiary/aromatic N) is 1. The Labute approximate surface area is 112 Å². The predicted octanol–water partition coefficient (Wildman–Crippen LogP) is 3.32. The van der Waals surface area contributed by atoms with E-state index in [1.165, 1.54) is 12.0 Å². The topological polar surface area (TPSA) is 28.4 Å². The van der Waals surface area contributed by atoms with Crippen molar-refractivity contribution < 1.29 is 4.42 Å². The van der Waals surface area contributed by atoms with Crippen molar-refractivity contribution in [2.24, 2.45) is 0 Å². The molecule has 0 saturated heterocycles. The molecular weight excluding hydrogens is 224 g/mol. The molecule has 0 spiro atoms. The molecule has 1 heterocycles. The van der Waals surface area contributed by atoms with Gasteiger partial charge in [-0.2, -0.15) is 0 Å².